The average molecular weight is 390 g/mol. The molecule has 0 unspecified atom stereocenters. The van der Waals surface area contributed by atoms with E-state index in [1.807, 2.05) is 0 Å². The first kappa shape index (κ1) is 20.5. The minimum absolute atomic E-state index is 0.105. The standard InChI is InChI=1S/C18H18N2O8/c1-25-14-7-4-11(8-16(14)27-3)18(22)28-10-17(21)19-13-6-5-12(20(23)24)9-15(13)26-2/h4-9H,10H2,1-3H3,(H,19,21). The first-order valence-electron chi connectivity index (χ1n) is 7.91. The van der Waals surface area contributed by atoms with Gasteiger partial charge in [0.1, 0.15) is 5.75 Å². The van der Waals surface area contributed by atoms with Crippen molar-refractivity contribution < 1.29 is 33.5 Å². The number of anilines is 1. The Balaban J connectivity index is 2.01. The van der Waals surface area contributed by atoms with E-state index in [4.69, 9.17) is 18.9 Å². The lowest BCUT2D eigenvalue weighted by atomic mass is 10.2. The van der Waals surface area contributed by atoms with Crippen molar-refractivity contribution in [2.24, 2.45) is 0 Å². The SMILES string of the molecule is COc1cc([N+](=O)[O-])ccc1NC(=O)COC(=O)c1ccc(OC)c(OC)c1. The topological polar surface area (TPSA) is 126 Å². The fourth-order valence-corrected chi connectivity index (χ4v) is 2.26. The molecule has 148 valence electrons. The summed E-state index contributed by atoms with van der Waals surface area (Å²) >= 11 is 0. The minimum Gasteiger partial charge on any atom is -0.494 e. The first-order chi connectivity index (χ1) is 13.4. The summed E-state index contributed by atoms with van der Waals surface area (Å²) in [6, 6.07) is 8.15. The molecular weight excluding hydrogens is 372 g/mol. The van der Waals surface area contributed by atoms with E-state index in [1.54, 1.807) is 0 Å². The number of non-ortho nitro benzene ring substituents is 1. The highest BCUT2D eigenvalue weighted by Gasteiger charge is 2.16. The number of ether oxygens (including phenoxy) is 4. The largest absolute Gasteiger partial charge is 0.494 e. The number of esters is 1. The lowest BCUT2D eigenvalue weighted by molar-refractivity contribution is -0.384. The highest BCUT2D eigenvalue weighted by Crippen LogP contribution is 2.29. The summed E-state index contributed by atoms with van der Waals surface area (Å²) in [6.45, 7) is -0.562. The number of amides is 1. The molecule has 10 nitrogen and oxygen atoms in total. The Morgan fingerprint density at radius 1 is 0.964 bits per heavy atom. The van der Waals surface area contributed by atoms with Gasteiger partial charge in [-0.25, -0.2) is 4.79 Å². The lowest BCUT2D eigenvalue weighted by Gasteiger charge is -2.11. The number of methoxy groups -OCH3 is 3. The number of carbonyl (C=O) groups is 2. The highest BCUT2D eigenvalue weighted by atomic mass is 16.6. The second-order valence-electron chi connectivity index (χ2n) is 5.34. The normalized spacial score (nSPS) is 9.96. The van der Waals surface area contributed by atoms with Gasteiger partial charge in [-0.05, 0) is 24.3 Å². The predicted molar refractivity (Wildman–Crippen MR) is 98.1 cm³/mol. The number of hydrogen-bond donors (Lipinski definition) is 1. The Kier molecular flexibility index (Phi) is 6.74. The van der Waals surface area contributed by atoms with Crippen molar-refractivity contribution in [2.75, 3.05) is 33.3 Å². The van der Waals surface area contributed by atoms with E-state index in [1.165, 1.54) is 57.7 Å². The molecular formula is C18H18N2O8. The van der Waals surface area contributed by atoms with Crippen LogP contribution in [-0.2, 0) is 9.53 Å². The molecule has 28 heavy (non-hydrogen) atoms. The van der Waals surface area contributed by atoms with Crippen LogP contribution in [-0.4, -0.2) is 44.7 Å². The van der Waals surface area contributed by atoms with Crippen molar-refractivity contribution in [1.82, 2.24) is 0 Å². The number of nitro benzene ring substituents is 1. The van der Waals surface area contributed by atoms with Crippen LogP contribution in [0.3, 0.4) is 0 Å². The molecule has 0 atom stereocenters. The van der Waals surface area contributed by atoms with Crippen molar-refractivity contribution >= 4 is 23.3 Å². The molecule has 2 aromatic rings. The van der Waals surface area contributed by atoms with Crippen molar-refractivity contribution in [3.8, 4) is 17.2 Å². The van der Waals surface area contributed by atoms with Gasteiger partial charge in [0.25, 0.3) is 11.6 Å². The van der Waals surface area contributed by atoms with Crippen LogP contribution in [0.5, 0.6) is 17.2 Å². The van der Waals surface area contributed by atoms with Crippen LogP contribution in [0.25, 0.3) is 0 Å². The van der Waals surface area contributed by atoms with Gasteiger partial charge in [-0.15, -0.1) is 0 Å². The number of nitrogens with one attached hydrogen (secondary N) is 1. The quantitative estimate of drug-likeness (QED) is 0.414. The van der Waals surface area contributed by atoms with Gasteiger partial charge in [0.15, 0.2) is 18.1 Å². The number of nitrogens with zero attached hydrogens (tertiary/aromatic N) is 1. The van der Waals surface area contributed by atoms with Gasteiger partial charge in [0.05, 0.1) is 43.6 Å². The van der Waals surface area contributed by atoms with Crippen molar-refractivity contribution in [3.63, 3.8) is 0 Å². The minimum atomic E-state index is -0.730. The zero-order chi connectivity index (χ0) is 20.7. The van der Waals surface area contributed by atoms with Crippen molar-refractivity contribution in [3.05, 3.63) is 52.1 Å². The Labute approximate surface area is 160 Å². The Hall–Kier alpha value is -3.82. The van der Waals surface area contributed by atoms with E-state index in [9.17, 15) is 19.7 Å². The van der Waals surface area contributed by atoms with Gasteiger partial charge < -0.3 is 24.3 Å². The predicted octanol–water partition coefficient (Wildman–Crippen LogP) is 2.42. The third kappa shape index (κ3) is 4.87. The first-order valence-corrected chi connectivity index (χ1v) is 7.91. The summed E-state index contributed by atoms with van der Waals surface area (Å²) in [6.07, 6.45) is 0. The maximum atomic E-state index is 12.1. The van der Waals surface area contributed by atoms with E-state index >= 15 is 0 Å². The van der Waals surface area contributed by atoms with Crippen molar-refractivity contribution in [2.45, 2.75) is 0 Å². The molecule has 0 heterocycles. The molecule has 0 spiro atoms. The Morgan fingerprint density at radius 3 is 2.25 bits per heavy atom. The molecule has 10 heteroatoms. The lowest BCUT2D eigenvalue weighted by Crippen LogP contribution is -2.21. The molecule has 0 aliphatic rings. The maximum Gasteiger partial charge on any atom is 0.338 e. The molecule has 0 fully saturated rings. The van der Waals surface area contributed by atoms with Crippen LogP contribution in [0.1, 0.15) is 10.4 Å². The zero-order valence-electron chi connectivity index (χ0n) is 15.4. The summed E-state index contributed by atoms with van der Waals surface area (Å²) in [5, 5.41) is 13.3. The van der Waals surface area contributed by atoms with Gasteiger partial charge >= 0.3 is 5.97 Å². The third-order valence-electron chi connectivity index (χ3n) is 3.62. The molecule has 0 aliphatic carbocycles. The van der Waals surface area contributed by atoms with E-state index in [2.05, 4.69) is 5.32 Å². The molecule has 0 saturated carbocycles. The monoisotopic (exact) mass is 390 g/mol. The van der Waals surface area contributed by atoms with E-state index in [0.29, 0.717) is 11.5 Å². The molecule has 0 bridgehead atoms. The third-order valence-corrected chi connectivity index (χ3v) is 3.62. The molecule has 0 aliphatic heterocycles. The highest BCUT2D eigenvalue weighted by molar-refractivity contribution is 5.96. The second-order valence-corrected chi connectivity index (χ2v) is 5.34. The molecule has 0 radical (unpaired) electrons. The van der Waals surface area contributed by atoms with Gasteiger partial charge in [0, 0.05) is 6.07 Å². The van der Waals surface area contributed by atoms with Crippen LogP contribution >= 0.6 is 0 Å². The summed E-state index contributed by atoms with van der Waals surface area (Å²) in [5.41, 5.74) is 0.202. The van der Waals surface area contributed by atoms with Crippen LogP contribution < -0.4 is 19.5 Å². The molecule has 1 amide bonds. The smallest absolute Gasteiger partial charge is 0.338 e. The molecule has 0 aromatic heterocycles. The summed E-state index contributed by atoms with van der Waals surface area (Å²) in [4.78, 5) is 34.4. The summed E-state index contributed by atoms with van der Waals surface area (Å²) in [7, 11) is 4.20. The van der Waals surface area contributed by atoms with Gasteiger partial charge in [-0.3, -0.25) is 14.9 Å². The van der Waals surface area contributed by atoms with Crippen molar-refractivity contribution in [1.29, 1.82) is 0 Å². The van der Waals surface area contributed by atoms with Gasteiger partial charge in [0.2, 0.25) is 0 Å². The van der Waals surface area contributed by atoms with Crippen LogP contribution in [0.15, 0.2) is 36.4 Å². The Bertz CT molecular complexity index is 897. The summed E-state index contributed by atoms with van der Waals surface area (Å²) in [5.74, 6) is -0.472. The average Bonchev–Trinajstić information content (AvgIpc) is 2.71. The van der Waals surface area contributed by atoms with E-state index in [-0.39, 0.29) is 22.7 Å². The number of nitro groups is 1. The number of benzene rings is 2. The maximum absolute atomic E-state index is 12.1. The van der Waals surface area contributed by atoms with Crippen LogP contribution in [0.2, 0.25) is 0 Å². The summed E-state index contributed by atoms with van der Waals surface area (Å²) < 4.78 is 20.2. The zero-order valence-corrected chi connectivity index (χ0v) is 15.4. The van der Waals surface area contributed by atoms with Gasteiger partial charge in [-0.2, -0.15) is 0 Å². The van der Waals surface area contributed by atoms with E-state index in [0.717, 1.165) is 0 Å². The second kappa shape index (κ2) is 9.21. The molecule has 2 aromatic carbocycles. The number of carbonyl (C=O) groups excluding carboxylic acids is 2. The Morgan fingerprint density at radius 2 is 1.64 bits per heavy atom. The molecule has 1 N–H and O–H groups in total. The number of rotatable bonds is 8. The fourth-order valence-electron chi connectivity index (χ4n) is 2.26. The molecule has 0 saturated heterocycles. The number of hydrogen-bond acceptors (Lipinski definition) is 8. The van der Waals surface area contributed by atoms with Crippen LogP contribution in [0, 0.1) is 10.1 Å². The van der Waals surface area contributed by atoms with Crippen LogP contribution in [0.4, 0.5) is 11.4 Å². The van der Waals surface area contributed by atoms with E-state index < -0.39 is 23.4 Å². The molecule has 2 rings (SSSR count). The fraction of sp³-hybridized carbons (Fsp3) is 0.222. The van der Waals surface area contributed by atoms with Gasteiger partial charge in [-0.1, -0.05) is 0 Å².